The molecule has 2 aromatic rings. The van der Waals surface area contributed by atoms with Gasteiger partial charge < -0.3 is 10.1 Å². The van der Waals surface area contributed by atoms with Gasteiger partial charge in [0.05, 0.1) is 0 Å². The Hall–Kier alpha value is -0.780. The van der Waals surface area contributed by atoms with Crippen LogP contribution in [0.1, 0.15) is 19.4 Å². The topological polar surface area (TPSA) is 21.3 Å². The van der Waals surface area contributed by atoms with Crippen molar-refractivity contribution < 1.29 is 4.74 Å². The van der Waals surface area contributed by atoms with Gasteiger partial charge in [0.25, 0.3) is 0 Å². The summed E-state index contributed by atoms with van der Waals surface area (Å²) in [5.41, 5.74) is 0.998. The number of ether oxygens (including phenoxy) is 1. The van der Waals surface area contributed by atoms with Crippen LogP contribution in [0, 0.1) is 9.49 Å². The summed E-state index contributed by atoms with van der Waals surface area (Å²) in [7, 11) is 0. The predicted molar refractivity (Wildman–Crippen MR) is 97.2 cm³/mol. The molecule has 4 heteroatoms. The molecule has 0 heterocycles. The lowest BCUT2D eigenvalue weighted by Gasteiger charge is -2.14. The Morgan fingerprint density at radius 2 is 1.86 bits per heavy atom. The zero-order valence-corrected chi connectivity index (χ0v) is 15.1. The van der Waals surface area contributed by atoms with E-state index >= 15 is 0 Å². The Labute approximate surface area is 145 Å². The van der Waals surface area contributed by atoms with Gasteiger partial charge in [-0.1, -0.05) is 31.5 Å². The summed E-state index contributed by atoms with van der Waals surface area (Å²) < 4.78 is 7.16. The fourth-order valence-electron chi connectivity index (χ4n) is 1.92. The highest BCUT2D eigenvalue weighted by molar-refractivity contribution is 14.1. The van der Waals surface area contributed by atoms with Gasteiger partial charge in [0.1, 0.15) is 11.5 Å². The second-order valence-corrected chi connectivity index (χ2v) is 6.95. The molecule has 0 atom stereocenters. The first-order chi connectivity index (χ1) is 10.1. The minimum absolute atomic E-state index is 0.605. The van der Waals surface area contributed by atoms with E-state index in [-0.39, 0.29) is 0 Å². The Kier molecular flexibility index (Phi) is 6.33. The van der Waals surface area contributed by atoms with E-state index in [1.54, 1.807) is 0 Å². The van der Waals surface area contributed by atoms with Crippen LogP contribution >= 0.6 is 34.2 Å². The van der Waals surface area contributed by atoms with Gasteiger partial charge >= 0.3 is 0 Å². The maximum Gasteiger partial charge on any atom is 0.133 e. The number of hydrogen-bond acceptors (Lipinski definition) is 2. The Bertz CT molecular complexity index is 584. The van der Waals surface area contributed by atoms with Gasteiger partial charge in [-0.05, 0) is 71.5 Å². The van der Waals surface area contributed by atoms with Crippen molar-refractivity contribution in [1.29, 1.82) is 0 Å². The third kappa shape index (κ3) is 5.16. The Balaban J connectivity index is 2.14. The molecule has 0 spiro atoms. The summed E-state index contributed by atoms with van der Waals surface area (Å²) in [6, 6.07) is 13.7. The normalized spacial score (nSPS) is 10.9. The van der Waals surface area contributed by atoms with Gasteiger partial charge in [-0.15, -0.1) is 0 Å². The maximum absolute atomic E-state index is 6.31. The first kappa shape index (κ1) is 16.6. The van der Waals surface area contributed by atoms with Gasteiger partial charge in [-0.2, -0.15) is 0 Å². The largest absolute Gasteiger partial charge is 0.457 e. The fraction of sp³-hybridized carbons (Fsp3) is 0.294. The summed E-state index contributed by atoms with van der Waals surface area (Å²) >= 11 is 8.59. The van der Waals surface area contributed by atoms with Crippen LogP contribution in [0.15, 0.2) is 42.5 Å². The molecule has 2 aromatic carbocycles. The Morgan fingerprint density at radius 1 is 1.14 bits per heavy atom. The van der Waals surface area contributed by atoms with Crippen molar-refractivity contribution in [2.24, 2.45) is 5.92 Å². The van der Waals surface area contributed by atoms with Crippen molar-refractivity contribution in [3.8, 4) is 11.5 Å². The molecule has 0 aliphatic rings. The molecule has 0 fully saturated rings. The van der Waals surface area contributed by atoms with E-state index in [1.807, 2.05) is 42.5 Å². The van der Waals surface area contributed by atoms with E-state index in [2.05, 4.69) is 41.8 Å². The van der Waals surface area contributed by atoms with Gasteiger partial charge in [-0.25, -0.2) is 0 Å². The first-order valence-electron chi connectivity index (χ1n) is 6.98. The van der Waals surface area contributed by atoms with Gasteiger partial charge in [0, 0.05) is 20.7 Å². The van der Waals surface area contributed by atoms with Crippen LogP contribution in [0.4, 0.5) is 0 Å². The molecule has 2 nitrogen and oxygen atoms in total. The van der Waals surface area contributed by atoms with Gasteiger partial charge in [0.2, 0.25) is 0 Å². The van der Waals surface area contributed by atoms with Crippen molar-refractivity contribution in [2.45, 2.75) is 20.4 Å². The molecule has 0 radical (unpaired) electrons. The van der Waals surface area contributed by atoms with Crippen LogP contribution in [0.3, 0.4) is 0 Å². The zero-order chi connectivity index (χ0) is 15.2. The van der Waals surface area contributed by atoms with Crippen molar-refractivity contribution in [1.82, 2.24) is 5.32 Å². The minimum Gasteiger partial charge on any atom is -0.457 e. The van der Waals surface area contributed by atoms with E-state index in [0.29, 0.717) is 12.5 Å². The van der Waals surface area contributed by atoms with Crippen molar-refractivity contribution in [3.63, 3.8) is 0 Å². The SMILES string of the molecule is CC(C)CNCc1c(Cl)cccc1Oc1ccc(I)cc1. The number of nitrogens with one attached hydrogen (secondary N) is 1. The third-order valence-electron chi connectivity index (χ3n) is 2.97. The van der Waals surface area contributed by atoms with Crippen LogP contribution in [-0.4, -0.2) is 6.54 Å². The highest BCUT2D eigenvalue weighted by Crippen LogP contribution is 2.30. The average Bonchev–Trinajstić information content (AvgIpc) is 2.44. The molecule has 0 bridgehead atoms. The lowest BCUT2D eigenvalue weighted by atomic mass is 10.1. The van der Waals surface area contributed by atoms with E-state index in [4.69, 9.17) is 16.3 Å². The lowest BCUT2D eigenvalue weighted by Crippen LogP contribution is -2.19. The number of benzene rings is 2. The lowest BCUT2D eigenvalue weighted by molar-refractivity contribution is 0.469. The van der Waals surface area contributed by atoms with Crippen molar-refractivity contribution in [2.75, 3.05) is 6.54 Å². The molecule has 112 valence electrons. The summed E-state index contributed by atoms with van der Waals surface area (Å²) in [6.07, 6.45) is 0. The number of hydrogen-bond donors (Lipinski definition) is 1. The van der Waals surface area contributed by atoms with Crippen molar-refractivity contribution >= 4 is 34.2 Å². The summed E-state index contributed by atoms with van der Waals surface area (Å²) in [5.74, 6) is 2.23. The number of halogens is 2. The van der Waals surface area contributed by atoms with Gasteiger partial charge in [0.15, 0.2) is 0 Å². The minimum atomic E-state index is 0.605. The summed E-state index contributed by atoms with van der Waals surface area (Å²) in [4.78, 5) is 0. The molecule has 0 aromatic heterocycles. The monoisotopic (exact) mass is 415 g/mol. The summed E-state index contributed by atoms with van der Waals surface area (Å²) in [5, 5.41) is 4.14. The Morgan fingerprint density at radius 3 is 2.52 bits per heavy atom. The van der Waals surface area contributed by atoms with E-state index in [0.717, 1.165) is 28.6 Å². The van der Waals surface area contributed by atoms with Crippen LogP contribution in [0.25, 0.3) is 0 Å². The van der Waals surface area contributed by atoms with Crippen LogP contribution in [-0.2, 0) is 6.54 Å². The fourth-order valence-corrected chi connectivity index (χ4v) is 2.51. The molecule has 0 aliphatic carbocycles. The molecule has 0 unspecified atom stereocenters. The third-order valence-corrected chi connectivity index (χ3v) is 4.04. The van der Waals surface area contributed by atoms with Crippen LogP contribution in [0.2, 0.25) is 5.02 Å². The molecule has 1 N–H and O–H groups in total. The number of rotatable bonds is 6. The first-order valence-corrected chi connectivity index (χ1v) is 8.43. The second kappa shape index (κ2) is 8.01. The average molecular weight is 416 g/mol. The molecule has 0 saturated heterocycles. The van der Waals surface area contributed by atoms with E-state index in [1.165, 1.54) is 3.57 Å². The van der Waals surface area contributed by atoms with Crippen LogP contribution < -0.4 is 10.1 Å². The molecule has 0 amide bonds. The van der Waals surface area contributed by atoms with E-state index < -0.39 is 0 Å². The molecular formula is C17H19ClINO. The standard InChI is InChI=1S/C17H19ClINO/c1-12(2)10-20-11-15-16(18)4-3-5-17(15)21-14-8-6-13(19)7-9-14/h3-9,12,20H,10-11H2,1-2H3. The zero-order valence-electron chi connectivity index (χ0n) is 12.2. The van der Waals surface area contributed by atoms with E-state index in [9.17, 15) is 0 Å². The maximum atomic E-state index is 6.31. The highest BCUT2D eigenvalue weighted by Gasteiger charge is 2.09. The molecule has 0 aliphatic heterocycles. The molecule has 21 heavy (non-hydrogen) atoms. The highest BCUT2D eigenvalue weighted by atomic mass is 127. The van der Waals surface area contributed by atoms with Gasteiger partial charge in [-0.3, -0.25) is 0 Å². The summed E-state index contributed by atoms with van der Waals surface area (Å²) in [6.45, 7) is 6.02. The molecular weight excluding hydrogens is 397 g/mol. The molecule has 0 saturated carbocycles. The molecule has 2 rings (SSSR count). The predicted octanol–water partition coefficient (Wildman–Crippen LogP) is 5.48. The van der Waals surface area contributed by atoms with Crippen molar-refractivity contribution in [3.05, 3.63) is 56.6 Å². The van der Waals surface area contributed by atoms with Crippen LogP contribution in [0.5, 0.6) is 11.5 Å². The smallest absolute Gasteiger partial charge is 0.133 e. The quantitative estimate of drug-likeness (QED) is 0.631. The second-order valence-electron chi connectivity index (χ2n) is 5.30.